The fourth-order valence-corrected chi connectivity index (χ4v) is 2.22. The van der Waals surface area contributed by atoms with Crippen molar-refractivity contribution in [2.45, 2.75) is 46.3 Å². The van der Waals surface area contributed by atoms with Crippen LogP contribution in [0.2, 0.25) is 0 Å². The van der Waals surface area contributed by atoms with Gasteiger partial charge in [-0.15, -0.1) is 5.10 Å². The van der Waals surface area contributed by atoms with Gasteiger partial charge in [-0.2, -0.15) is 0 Å². The maximum atomic E-state index is 5.92. The van der Waals surface area contributed by atoms with Gasteiger partial charge in [0.25, 0.3) is 0 Å². The molecular weight excluding hydrogens is 228 g/mol. The van der Waals surface area contributed by atoms with Crippen molar-refractivity contribution in [1.29, 1.82) is 0 Å². The van der Waals surface area contributed by atoms with E-state index in [9.17, 15) is 0 Å². The third kappa shape index (κ3) is 4.07. The average Bonchev–Trinajstić information content (AvgIpc) is 2.67. The number of likely N-dealkylation sites (N-methyl/N-ethyl adjacent to an activating group) is 1. The zero-order valence-electron chi connectivity index (χ0n) is 12.4. The number of aromatic nitrogens is 3. The highest BCUT2D eigenvalue weighted by Crippen LogP contribution is 2.26. The normalized spacial score (nSPS) is 15.7. The Morgan fingerprint density at radius 2 is 2.11 bits per heavy atom. The van der Waals surface area contributed by atoms with Gasteiger partial charge in [0, 0.05) is 32.3 Å². The number of ether oxygens (including phenoxy) is 1. The minimum atomic E-state index is 0.0892. The first-order valence-electron chi connectivity index (χ1n) is 6.52. The van der Waals surface area contributed by atoms with E-state index in [0.29, 0.717) is 0 Å². The topological polar surface area (TPSA) is 52.0 Å². The van der Waals surface area contributed by atoms with Crippen LogP contribution in [0.5, 0.6) is 0 Å². The molecule has 0 saturated carbocycles. The van der Waals surface area contributed by atoms with Crippen molar-refractivity contribution in [2.75, 3.05) is 13.7 Å². The molecule has 0 aliphatic heterocycles. The highest BCUT2D eigenvalue weighted by Gasteiger charge is 2.32. The van der Waals surface area contributed by atoms with Gasteiger partial charge in [-0.05, 0) is 19.4 Å². The van der Waals surface area contributed by atoms with Crippen LogP contribution in [0.4, 0.5) is 0 Å². The maximum absolute atomic E-state index is 5.92. The Hall–Kier alpha value is -0.940. The lowest BCUT2D eigenvalue weighted by Crippen LogP contribution is -2.48. The van der Waals surface area contributed by atoms with Crippen LogP contribution in [0, 0.1) is 5.41 Å². The smallest absolute Gasteiger partial charge is 0.0843 e. The Morgan fingerprint density at radius 3 is 2.50 bits per heavy atom. The molecule has 0 radical (unpaired) electrons. The lowest BCUT2D eigenvalue weighted by molar-refractivity contribution is -0.0342. The molecule has 0 aliphatic rings. The van der Waals surface area contributed by atoms with Crippen LogP contribution < -0.4 is 5.32 Å². The van der Waals surface area contributed by atoms with Gasteiger partial charge < -0.3 is 10.1 Å². The zero-order chi connectivity index (χ0) is 13.8. The van der Waals surface area contributed by atoms with E-state index in [0.717, 1.165) is 18.7 Å². The van der Waals surface area contributed by atoms with Gasteiger partial charge in [-0.25, -0.2) is 0 Å². The van der Waals surface area contributed by atoms with E-state index in [4.69, 9.17) is 4.74 Å². The molecule has 1 rings (SSSR count). The third-order valence-electron chi connectivity index (χ3n) is 3.02. The van der Waals surface area contributed by atoms with Crippen molar-refractivity contribution < 1.29 is 4.74 Å². The third-order valence-corrected chi connectivity index (χ3v) is 3.02. The van der Waals surface area contributed by atoms with E-state index in [2.05, 4.69) is 36.4 Å². The highest BCUT2D eigenvalue weighted by atomic mass is 16.5. The van der Waals surface area contributed by atoms with Crippen molar-refractivity contribution in [1.82, 2.24) is 20.3 Å². The number of hydrogen-bond donors (Lipinski definition) is 1. The first-order valence-corrected chi connectivity index (χ1v) is 6.52. The summed E-state index contributed by atoms with van der Waals surface area (Å²) >= 11 is 0. The van der Waals surface area contributed by atoms with Crippen LogP contribution >= 0.6 is 0 Å². The minimum absolute atomic E-state index is 0.0892. The van der Waals surface area contributed by atoms with Crippen LogP contribution in [-0.2, 0) is 18.2 Å². The first kappa shape index (κ1) is 15.1. The van der Waals surface area contributed by atoms with Gasteiger partial charge in [0.15, 0.2) is 0 Å². The Kier molecular flexibility index (Phi) is 5.28. The molecule has 1 aromatic heterocycles. The summed E-state index contributed by atoms with van der Waals surface area (Å²) in [6.07, 6.45) is 2.93. The highest BCUT2D eigenvalue weighted by molar-refractivity contribution is 4.99. The SMILES string of the molecule is CCOC(C(Cc1cn(C)nn1)NC)C(C)(C)C. The van der Waals surface area contributed by atoms with Gasteiger partial charge >= 0.3 is 0 Å². The number of hydrogen-bond acceptors (Lipinski definition) is 4. The summed E-state index contributed by atoms with van der Waals surface area (Å²) in [6.45, 7) is 9.37. The maximum Gasteiger partial charge on any atom is 0.0843 e. The molecule has 5 heteroatoms. The molecule has 1 heterocycles. The molecule has 0 aromatic carbocycles. The average molecular weight is 254 g/mol. The quantitative estimate of drug-likeness (QED) is 0.833. The van der Waals surface area contributed by atoms with Crippen LogP contribution in [0.25, 0.3) is 0 Å². The second-order valence-electron chi connectivity index (χ2n) is 5.72. The number of aryl methyl sites for hydroxylation is 1. The van der Waals surface area contributed by atoms with E-state index in [1.54, 1.807) is 4.68 Å². The molecule has 104 valence electrons. The second kappa shape index (κ2) is 6.29. The van der Waals surface area contributed by atoms with E-state index in [1.807, 2.05) is 27.2 Å². The van der Waals surface area contributed by atoms with Crippen LogP contribution in [0.15, 0.2) is 6.20 Å². The van der Waals surface area contributed by atoms with Crippen LogP contribution in [-0.4, -0.2) is 40.8 Å². The summed E-state index contributed by atoms with van der Waals surface area (Å²) in [7, 11) is 3.85. The molecule has 2 atom stereocenters. The van der Waals surface area contributed by atoms with Gasteiger partial charge in [0.05, 0.1) is 11.8 Å². The standard InChI is InChI=1S/C13H26N4O/c1-7-18-12(13(2,3)4)11(14-5)8-10-9-17(6)16-15-10/h9,11-12,14H,7-8H2,1-6H3. The van der Waals surface area contributed by atoms with Crippen molar-refractivity contribution in [3.63, 3.8) is 0 Å². The lowest BCUT2D eigenvalue weighted by Gasteiger charge is -2.36. The summed E-state index contributed by atoms with van der Waals surface area (Å²) in [5.74, 6) is 0. The molecule has 1 N–H and O–H groups in total. The fourth-order valence-electron chi connectivity index (χ4n) is 2.22. The molecule has 0 aliphatic carbocycles. The Balaban J connectivity index is 2.79. The van der Waals surface area contributed by atoms with Crippen LogP contribution in [0.3, 0.4) is 0 Å². The molecule has 5 nitrogen and oxygen atoms in total. The van der Waals surface area contributed by atoms with Crippen molar-refractivity contribution in [3.8, 4) is 0 Å². The zero-order valence-corrected chi connectivity index (χ0v) is 12.4. The van der Waals surface area contributed by atoms with E-state index in [1.165, 1.54) is 0 Å². The van der Waals surface area contributed by atoms with Crippen molar-refractivity contribution in [3.05, 3.63) is 11.9 Å². The lowest BCUT2D eigenvalue weighted by atomic mass is 9.83. The first-order chi connectivity index (χ1) is 8.38. The fraction of sp³-hybridized carbons (Fsp3) is 0.846. The number of nitrogens with one attached hydrogen (secondary N) is 1. The number of rotatable bonds is 6. The molecule has 18 heavy (non-hydrogen) atoms. The summed E-state index contributed by atoms with van der Waals surface area (Å²) in [6, 6.07) is 0.238. The molecule has 0 bridgehead atoms. The largest absolute Gasteiger partial charge is 0.376 e. The molecule has 2 unspecified atom stereocenters. The summed E-state index contributed by atoms with van der Waals surface area (Å²) in [5, 5.41) is 11.5. The predicted octanol–water partition coefficient (Wildman–Crippen LogP) is 1.40. The van der Waals surface area contributed by atoms with Gasteiger partial charge in [-0.3, -0.25) is 4.68 Å². The summed E-state index contributed by atoms with van der Waals surface area (Å²) < 4.78 is 7.65. The minimum Gasteiger partial charge on any atom is -0.376 e. The monoisotopic (exact) mass is 254 g/mol. The molecular formula is C13H26N4O. The summed E-state index contributed by atoms with van der Waals surface area (Å²) in [5.41, 5.74) is 1.08. The van der Waals surface area contributed by atoms with E-state index in [-0.39, 0.29) is 17.6 Å². The van der Waals surface area contributed by atoms with Gasteiger partial charge in [-0.1, -0.05) is 26.0 Å². The summed E-state index contributed by atoms with van der Waals surface area (Å²) in [4.78, 5) is 0. The van der Waals surface area contributed by atoms with Gasteiger partial charge in [0.1, 0.15) is 0 Å². The number of nitrogens with zero attached hydrogens (tertiary/aromatic N) is 3. The van der Waals surface area contributed by atoms with E-state index >= 15 is 0 Å². The molecule has 0 spiro atoms. The predicted molar refractivity (Wildman–Crippen MR) is 72.4 cm³/mol. The van der Waals surface area contributed by atoms with Gasteiger partial charge in [0.2, 0.25) is 0 Å². The molecule has 0 amide bonds. The Bertz CT molecular complexity index is 356. The van der Waals surface area contributed by atoms with Crippen LogP contribution in [0.1, 0.15) is 33.4 Å². The Morgan fingerprint density at radius 1 is 1.44 bits per heavy atom. The molecule has 0 fully saturated rings. The second-order valence-corrected chi connectivity index (χ2v) is 5.72. The molecule has 0 saturated heterocycles. The van der Waals surface area contributed by atoms with Crippen molar-refractivity contribution in [2.24, 2.45) is 12.5 Å². The Labute approximate surface area is 110 Å². The van der Waals surface area contributed by atoms with Crippen molar-refractivity contribution >= 4 is 0 Å². The van der Waals surface area contributed by atoms with E-state index < -0.39 is 0 Å². The molecule has 1 aromatic rings.